The van der Waals surface area contributed by atoms with Gasteiger partial charge in [0.05, 0.1) is 13.7 Å². The van der Waals surface area contributed by atoms with Crippen LogP contribution in [0.5, 0.6) is 0 Å². The molecule has 0 aromatic carbocycles. The van der Waals surface area contributed by atoms with Gasteiger partial charge in [-0.3, -0.25) is 19.3 Å². The SMILES string of the molecule is CCCCN(CCN)C(=O)CN1C[C@H]([C@H]2C=C3OCOC3=C(OC)C2)C[C@@H]1CCC1CCC(=O)N(C)CCC1=O. The van der Waals surface area contributed by atoms with Gasteiger partial charge in [-0.25, -0.2) is 0 Å². The lowest BCUT2D eigenvalue weighted by Crippen LogP contribution is -2.44. The molecule has 1 unspecified atom stereocenters. The lowest BCUT2D eigenvalue weighted by molar-refractivity contribution is -0.134. The fourth-order valence-corrected chi connectivity index (χ4v) is 6.59. The van der Waals surface area contributed by atoms with Crippen molar-refractivity contribution in [2.24, 2.45) is 23.5 Å². The van der Waals surface area contributed by atoms with E-state index in [2.05, 4.69) is 17.9 Å². The van der Waals surface area contributed by atoms with Gasteiger partial charge < -0.3 is 29.7 Å². The molecule has 10 nitrogen and oxygen atoms in total. The topological polar surface area (TPSA) is 115 Å². The number of methoxy groups -OCH3 is 1. The fraction of sp³-hybridized carbons (Fsp3) is 0.767. The maximum atomic E-state index is 13.4. The van der Waals surface area contributed by atoms with Crippen LogP contribution in [-0.4, -0.2) is 98.6 Å². The molecule has 0 radical (unpaired) electrons. The number of ketones is 1. The number of fused-ring (bicyclic) bond motifs is 1. The minimum Gasteiger partial charge on any atom is -0.497 e. The summed E-state index contributed by atoms with van der Waals surface area (Å²) in [6.45, 7) is 5.72. The highest BCUT2D eigenvalue weighted by Gasteiger charge is 2.41. The van der Waals surface area contributed by atoms with Gasteiger partial charge in [0.1, 0.15) is 11.5 Å². The van der Waals surface area contributed by atoms with E-state index in [-0.39, 0.29) is 42.3 Å². The molecular weight excluding hydrogens is 512 g/mol. The molecule has 3 heterocycles. The number of likely N-dealkylation sites (tertiary alicyclic amines) is 2. The molecule has 0 bridgehead atoms. The van der Waals surface area contributed by atoms with Crippen LogP contribution in [0.1, 0.15) is 64.7 Å². The van der Waals surface area contributed by atoms with Crippen molar-refractivity contribution < 1.29 is 28.6 Å². The van der Waals surface area contributed by atoms with Crippen LogP contribution in [0.2, 0.25) is 0 Å². The van der Waals surface area contributed by atoms with Gasteiger partial charge in [-0.2, -0.15) is 0 Å². The molecular formula is C30H48N4O6. The Bertz CT molecular complexity index is 981. The predicted octanol–water partition coefficient (Wildman–Crippen LogP) is 2.64. The Morgan fingerprint density at radius 1 is 1.20 bits per heavy atom. The van der Waals surface area contributed by atoms with E-state index in [4.69, 9.17) is 19.9 Å². The number of rotatable bonds is 12. The number of allylic oxidation sites excluding steroid dienone is 2. The smallest absolute Gasteiger partial charge is 0.236 e. The molecule has 2 amide bonds. The number of Topliss-reactive ketones (excluding diaryl/α,β-unsaturated/α-hetero) is 1. The van der Waals surface area contributed by atoms with Gasteiger partial charge in [-0.1, -0.05) is 13.3 Å². The van der Waals surface area contributed by atoms with Gasteiger partial charge in [0.25, 0.3) is 0 Å². The summed E-state index contributed by atoms with van der Waals surface area (Å²) in [5.41, 5.74) is 5.84. The molecule has 0 aromatic rings. The first-order valence-corrected chi connectivity index (χ1v) is 15.1. The van der Waals surface area contributed by atoms with Gasteiger partial charge in [0.15, 0.2) is 5.76 Å². The van der Waals surface area contributed by atoms with Gasteiger partial charge in [-0.05, 0) is 50.0 Å². The molecule has 40 heavy (non-hydrogen) atoms. The van der Waals surface area contributed by atoms with Crippen molar-refractivity contribution in [1.82, 2.24) is 14.7 Å². The van der Waals surface area contributed by atoms with Crippen LogP contribution in [-0.2, 0) is 28.6 Å². The minimum atomic E-state index is -0.0982. The maximum Gasteiger partial charge on any atom is 0.236 e. The summed E-state index contributed by atoms with van der Waals surface area (Å²) in [6, 6.07) is 0.187. The molecule has 0 spiro atoms. The number of hydrogen-bond donors (Lipinski definition) is 1. The van der Waals surface area contributed by atoms with Crippen molar-refractivity contribution in [3.05, 3.63) is 23.4 Å². The van der Waals surface area contributed by atoms with Crippen molar-refractivity contribution >= 4 is 17.6 Å². The summed E-state index contributed by atoms with van der Waals surface area (Å²) in [7, 11) is 3.44. The molecule has 3 fully saturated rings. The van der Waals surface area contributed by atoms with Crippen LogP contribution in [0.3, 0.4) is 0 Å². The molecule has 3 aliphatic heterocycles. The maximum absolute atomic E-state index is 13.4. The molecule has 3 saturated heterocycles. The number of ether oxygens (including phenoxy) is 3. The highest BCUT2D eigenvalue weighted by Crippen LogP contribution is 2.42. The standard InChI is InChI=1S/C30H48N4O6/c1-4-5-12-33(14-11-31)29(37)19-34-18-23(22-16-26(38-3)30-27(17-22)39-20-40-30)15-24(34)8-6-21-7-9-28(36)32(2)13-10-25(21)35/h17,21-24H,4-16,18-20,31H2,1-3H3/t21?,22-,23-,24+/m1/s1. The lowest BCUT2D eigenvalue weighted by Gasteiger charge is -2.30. The van der Waals surface area contributed by atoms with Gasteiger partial charge in [0, 0.05) is 71.0 Å². The Labute approximate surface area is 238 Å². The second-order valence-electron chi connectivity index (χ2n) is 11.7. The lowest BCUT2D eigenvalue weighted by atomic mass is 9.82. The summed E-state index contributed by atoms with van der Waals surface area (Å²) in [5.74, 6) is 3.20. The number of carbonyl (C=O) groups is 3. The molecule has 4 atom stereocenters. The van der Waals surface area contributed by atoms with Crippen molar-refractivity contribution in [2.75, 3.05) is 60.2 Å². The number of nitrogens with two attached hydrogens (primary N) is 1. The highest BCUT2D eigenvalue weighted by atomic mass is 16.7. The molecule has 224 valence electrons. The summed E-state index contributed by atoms with van der Waals surface area (Å²) in [6.07, 6.45) is 8.84. The van der Waals surface area contributed by atoms with Crippen LogP contribution in [0.25, 0.3) is 0 Å². The van der Waals surface area contributed by atoms with Crippen LogP contribution in [0.15, 0.2) is 23.4 Å². The summed E-state index contributed by atoms with van der Waals surface area (Å²) < 4.78 is 17.0. The number of hydrogen-bond acceptors (Lipinski definition) is 8. The summed E-state index contributed by atoms with van der Waals surface area (Å²) in [4.78, 5) is 44.6. The zero-order chi connectivity index (χ0) is 28.6. The quantitative estimate of drug-likeness (QED) is 0.388. The largest absolute Gasteiger partial charge is 0.497 e. The summed E-state index contributed by atoms with van der Waals surface area (Å²) >= 11 is 0. The van der Waals surface area contributed by atoms with E-state index in [0.717, 1.165) is 63.1 Å². The predicted molar refractivity (Wildman–Crippen MR) is 150 cm³/mol. The Morgan fingerprint density at radius 2 is 2.02 bits per heavy atom. The van der Waals surface area contributed by atoms with Crippen LogP contribution < -0.4 is 5.73 Å². The van der Waals surface area contributed by atoms with Gasteiger partial charge in [0.2, 0.25) is 24.4 Å². The second-order valence-corrected chi connectivity index (χ2v) is 11.7. The first-order chi connectivity index (χ1) is 19.3. The number of nitrogens with zero attached hydrogens (tertiary/aromatic N) is 3. The average Bonchev–Trinajstić information content (AvgIpc) is 3.59. The Hall–Kier alpha value is -2.59. The monoisotopic (exact) mass is 560 g/mol. The zero-order valence-corrected chi connectivity index (χ0v) is 24.6. The third-order valence-corrected chi connectivity index (χ3v) is 9.09. The molecule has 1 aliphatic carbocycles. The Morgan fingerprint density at radius 3 is 2.77 bits per heavy atom. The Kier molecular flexibility index (Phi) is 10.9. The first-order valence-electron chi connectivity index (χ1n) is 15.1. The van der Waals surface area contributed by atoms with E-state index in [1.54, 1.807) is 19.1 Å². The van der Waals surface area contributed by atoms with Crippen molar-refractivity contribution in [3.8, 4) is 0 Å². The van der Waals surface area contributed by atoms with Gasteiger partial charge in [-0.15, -0.1) is 0 Å². The number of amides is 2. The highest BCUT2D eigenvalue weighted by molar-refractivity contribution is 5.84. The number of unbranched alkanes of at least 4 members (excludes halogenated alkanes) is 1. The molecule has 0 saturated carbocycles. The third-order valence-electron chi connectivity index (χ3n) is 9.09. The summed E-state index contributed by atoms with van der Waals surface area (Å²) in [5, 5.41) is 0. The van der Waals surface area contributed by atoms with Crippen LogP contribution in [0.4, 0.5) is 0 Å². The molecule has 0 aromatic heterocycles. The zero-order valence-electron chi connectivity index (χ0n) is 24.6. The fourth-order valence-electron chi connectivity index (χ4n) is 6.59. The molecule has 10 heteroatoms. The first kappa shape index (κ1) is 30.4. The second kappa shape index (κ2) is 14.3. The van der Waals surface area contributed by atoms with Crippen LogP contribution >= 0.6 is 0 Å². The van der Waals surface area contributed by atoms with Crippen molar-refractivity contribution in [1.29, 1.82) is 0 Å². The van der Waals surface area contributed by atoms with E-state index < -0.39 is 0 Å². The van der Waals surface area contributed by atoms with E-state index in [1.165, 1.54) is 0 Å². The minimum absolute atomic E-state index is 0.0982. The van der Waals surface area contributed by atoms with Gasteiger partial charge >= 0.3 is 0 Å². The van der Waals surface area contributed by atoms with Crippen molar-refractivity contribution in [2.45, 2.75) is 70.8 Å². The third kappa shape index (κ3) is 7.37. The normalized spacial score (nSPS) is 27.5. The average molecular weight is 561 g/mol. The van der Waals surface area contributed by atoms with E-state index in [0.29, 0.717) is 57.1 Å². The van der Waals surface area contributed by atoms with E-state index >= 15 is 0 Å². The number of carbonyl (C=O) groups excluding carboxylic acids is 3. The van der Waals surface area contributed by atoms with E-state index in [9.17, 15) is 14.4 Å². The van der Waals surface area contributed by atoms with Crippen molar-refractivity contribution in [3.63, 3.8) is 0 Å². The molecule has 4 aliphatic rings. The molecule has 2 N–H and O–H groups in total. The Balaban J connectivity index is 1.46. The molecule has 4 rings (SSSR count). The van der Waals surface area contributed by atoms with E-state index in [1.807, 2.05) is 4.90 Å². The van der Waals surface area contributed by atoms with Crippen LogP contribution in [0, 0.1) is 17.8 Å².